The number of carbonyl (C=O) groups excluding carboxylic acids is 1. The number of aryl methyl sites for hydroxylation is 1. The van der Waals surface area contributed by atoms with Gasteiger partial charge >= 0.3 is 0 Å². The minimum absolute atomic E-state index is 0.213. The summed E-state index contributed by atoms with van der Waals surface area (Å²) in [6.07, 6.45) is 3.29. The van der Waals surface area contributed by atoms with Gasteiger partial charge in [-0.05, 0) is 42.6 Å². The van der Waals surface area contributed by atoms with Crippen LogP contribution in [0.1, 0.15) is 10.6 Å². The monoisotopic (exact) mass is 361 g/mol. The second-order valence-corrected chi connectivity index (χ2v) is 6.65. The highest BCUT2D eigenvalue weighted by molar-refractivity contribution is 7.10. The highest BCUT2D eigenvalue weighted by Gasteiger charge is 2.12. The standard InChI is InChI=1S/C20H15N3O2S/c1-13-16(22-18(24)10-9-15-8-5-11-26-15)12-17-20(21-13)25-19(23-17)14-6-3-2-4-7-14/h2-12H,1H3,(H,22,24)/b10-9+. The van der Waals surface area contributed by atoms with E-state index < -0.39 is 0 Å². The van der Waals surface area contributed by atoms with Crippen molar-refractivity contribution in [1.82, 2.24) is 9.97 Å². The van der Waals surface area contributed by atoms with E-state index in [-0.39, 0.29) is 5.91 Å². The number of fused-ring (bicyclic) bond motifs is 1. The molecule has 1 N–H and O–H groups in total. The molecule has 1 aromatic carbocycles. The van der Waals surface area contributed by atoms with Crippen LogP contribution in [0.2, 0.25) is 0 Å². The molecule has 0 saturated carbocycles. The molecule has 0 aliphatic heterocycles. The lowest BCUT2D eigenvalue weighted by molar-refractivity contribution is -0.111. The molecule has 0 saturated heterocycles. The van der Waals surface area contributed by atoms with E-state index in [0.29, 0.717) is 28.5 Å². The third-order valence-corrected chi connectivity index (χ3v) is 4.63. The maximum absolute atomic E-state index is 12.2. The first-order chi connectivity index (χ1) is 12.7. The highest BCUT2D eigenvalue weighted by Crippen LogP contribution is 2.26. The minimum Gasteiger partial charge on any atom is -0.418 e. The van der Waals surface area contributed by atoms with E-state index in [0.717, 1.165) is 10.4 Å². The number of rotatable bonds is 4. The summed E-state index contributed by atoms with van der Waals surface area (Å²) in [5.41, 5.74) is 3.23. The lowest BCUT2D eigenvalue weighted by Crippen LogP contribution is -2.09. The summed E-state index contributed by atoms with van der Waals surface area (Å²) in [7, 11) is 0. The van der Waals surface area contributed by atoms with Crippen LogP contribution in [-0.4, -0.2) is 15.9 Å². The van der Waals surface area contributed by atoms with Gasteiger partial charge < -0.3 is 9.73 Å². The number of amides is 1. The van der Waals surface area contributed by atoms with Crippen molar-refractivity contribution in [3.63, 3.8) is 0 Å². The van der Waals surface area contributed by atoms with Crippen LogP contribution >= 0.6 is 11.3 Å². The van der Waals surface area contributed by atoms with Crippen LogP contribution in [0.3, 0.4) is 0 Å². The number of nitrogens with zero attached hydrogens (tertiary/aromatic N) is 2. The summed E-state index contributed by atoms with van der Waals surface area (Å²) in [5, 5.41) is 4.82. The molecule has 0 unspecified atom stereocenters. The van der Waals surface area contributed by atoms with Gasteiger partial charge in [-0.3, -0.25) is 4.79 Å². The molecule has 128 valence electrons. The fraction of sp³-hybridized carbons (Fsp3) is 0.0500. The molecule has 0 atom stereocenters. The van der Waals surface area contributed by atoms with E-state index in [1.165, 1.54) is 6.08 Å². The van der Waals surface area contributed by atoms with Crippen molar-refractivity contribution in [2.24, 2.45) is 0 Å². The van der Waals surface area contributed by atoms with Crippen molar-refractivity contribution in [3.05, 3.63) is 70.6 Å². The fourth-order valence-electron chi connectivity index (χ4n) is 2.50. The Morgan fingerprint density at radius 2 is 2.00 bits per heavy atom. The zero-order valence-corrected chi connectivity index (χ0v) is 14.8. The molecule has 0 aliphatic rings. The fourth-order valence-corrected chi connectivity index (χ4v) is 3.12. The SMILES string of the molecule is Cc1nc2oc(-c3ccccc3)nc2cc1NC(=O)/C=C/c1cccs1. The van der Waals surface area contributed by atoms with Gasteiger partial charge in [0.2, 0.25) is 17.5 Å². The maximum atomic E-state index is 12.2. The van der Waals surface area contributed by atoms with Crippen molar-refractivity contribution in [1.29, 1.82) is 0 Å². The van der Waals surface area contributed by atoms with Crippen LogP contribution in [0.15, 0.2) is 64.4 Å². The van der Waals surface area contributed by atoms with Gasteiger partial charge in [0.25, 0.3) is 0 Å². The van der Waals surface area contributed by atoms with Crippen LogP contribution in [0.5, 0.6) is 0 Å². The van der Waals surface area contributed by atoms with E-state index in [9.17, 15) is 4.79 Å². The molecule has 1 amide bonds. The molecular weight excluding hydrogens is 346 g/mol. The summed E-state index contributed by atoms with van der Waals surface area (Å²) in [4.78, 5) is 22.1. The average molecular weight is 361 g/mol. The normalized spacial score (nSPS) is 11.3. The van der Waals surface area contributed by atoms with Gasteiger partial charge in [-0.1, -0.05) is 24.3 Å². The summed E-state index contributed by atoms with van der Waals surface area (Å²) in [6, 6.07) is 15.3. The molecule has 0 fully saturated rings. The molecule has 0 aliphatic carbocycles. The number of hydrogen-bond acceptors (Lipinski definition) is 5. The second-order valence-electron chi connectivity index (χ2n) is 5.67. The Morgan fingerprint density at radius 3 is 2.77 bits per heavy atom. The molecular formula is C20H15N3O2S. The summed E-state index contributed by atoms with van der Waals surface area (Å²) in [6.45, 7) is 1.82. The van der Waals surface area contributed by atoms with Crippen molar-refractivity contribution >= 4 is 40.2 Å². The zero-order valence-electron chi connectivity index (χ0n) is 14.0. The van der Waals surface area contributed by atoms with E-state index in [1.54, 1.807) is 23.5 Å². The maximum Gasteiger partial charge on any atom is 0.248 e. The van der Waals surface area contributed by atoms with Crippen LogP contribution in [0.4, 0.5) is 5.69 Å². The lowest BCUT2D eigenvalue weighted by Gasteiger charge is -2.04. The minimum atomic E-state index is -0.213. The molecule has 26 heavy (non-hydrogen) atoms. The van der Waals surface area contributed by atoms with Crippen molar-refractivity contribution < 1.29 is 9.21 Å². The highest BCUT2D eigenvalue weighted by atomic mass is 32.1. The van der Waals surface area contributed by atoms with Crippen molar-refractivity contribution in [2.75, 3.05) is 5.32 Å². The third kappa shape index (κ3) is 3.41. The van der Waals surface area contributed by atoms with Crippen LogP contribution in [0.25, 0.3) is 28.8 Å². The lowest BCUT2D eigenvalue weighted by atomic mass is 10.2. The molecule has 0 spiro atoms. The van der Waals surface area contributed by atoms with Gasteiger partial charge in [0.05, 0.1) is 11.4 Å². The summed E-state index contributed by atoms with van der Waals surface area (Å²) >= 11 is 1.58. The third-order valence-electron chi connectivity index (χ3n) is 3.80. The van der Waals surface area contributed by atoms with Crippen LogP contribution < -0.4 is 5.32 Å². The number of nitrogens with one attached hydrogen (secondary N) is 1. The molecule has 0 radical (unpaired) electrons. The molecule has 3 aromatic heterocycles. The van der Waals surface area contributed by atoms with Gasteiger partial charge in [-0.15, -0.1) is 11.3 Å². The molecule has 4 rings (SSSR count). The Labute approximate surface area is 154 Å². The quantitative estimate of drug-likeness (QED) is 0.524. The predicted molar refractivity (Wildman–Crippen MR) is 104 cm³/mol. The number of anilines is 1. The van der Waals surface area contributed by atoms with Crippen LogP contribution in [-0.2, 0) is 4.79 Å². The first kappa shape index (κ1) is 16.2. The van der Waals surface area contributed by atoms with E-state index in [2.05, 4.69) is 15.3 Å². The van der Waals surface area contributed by atoms with E-state index >= 15 is 0 Å². The van der Waals surface area contributed by atoms with Gasteiger partial charge in [0.1, 0.15) is 5.52 Å². The zero-order chi connectivity index (χ0) is 17.9. The Bertz CT molecular complexity index is 1080. The number of benzene rings is 1. The number of carbonyl (C=O) groups is 1. The predicted octanol–water partition coefficient (Wildman–Crippen LogP) is 4.91. The Kier molecular flexibility index (Phi) is 4.33. The molecule has 3 heterocycles. The van der Waals surface area contributed by atoms with Gasteiger partial charge in [-0.25, -0.2) is 9.97 Å². The molecule has 4 aromatic rings. The van der Waals surface area contributed by atoms with Crippen molar-refractivity contribution in [2.45, 2.75) is 6.92 Å². The second kappa shape index (κ2) is 6.93. The summed E-state index contributed by atoms with van der Waals surface area (Å²) < 4.78 is 5.74. The van der Waals surface area contributed by atoms with Gasteiger partial charge in [0.15, 0.2) is 0 Å². The molecule has 0 bridgehead atoms. The summed E-state index contributed by atoms with van der Waals surface area (Å²) in [5.74, 6) is 0.294. The average Bonchev–Trinajstić information content (AvgIpc) is 3.30. The molecule has 5 nitrogen and oxygen atoms in total. The molecule has 6 heteroatoms. The Balaban J connectivity index is 1.59. The number of pyridine rings is 1. The number of thiophene rings is 1. The van der Waals surface area contributed by atoms with Gasteiger partial charge in [-0.2, -0.15) is 0 Å². The topological polar surface area (TPSA) is 68.0 Å². The van der Waals surface area contributed by atoms with E-state index in [1.807, 2.05) is 54.8 Å². The van der Waals surface area contributed by atoms with Crippen molar-refractivity contribution in [3.8, 4) is 11.5 Å². The Hall–Kier alpha value is -3.25. The first-order valence-corrected chi connectivity index (χ1v) is 8.93. The Morgan fingerprint density at radius 1 is 1.15 bits per heavy atom. The largest absolute Gasteiger partial charge is 0.418 e. The number of aromatic nitrogens is 2. The smallest absolute Gasteiger partial charge is 0.248 e. The number of hydrogen-bond donors (Lipinski definition) is 1. The number of oxazole rings is 1. The van der Waals surface area contributed by atoms with Gasteiger partial charge in [0, 0.05) is 16.5 Å². The van der Waals surface area contributed by atoms with Crippen LogP contribution in [0, 0.1) is 6.92 Å². The first-order valence-electron chi connectivity index (χ1n) is 8.05. The van der Waals surface area contributed by atoms with E-state index in [4.69, 9.17) is 4.42 Å².